The smallest absolute Gasteiger partial charge is 0.416 e. The fourth-order valence-electron chi connectivity index (χ4n) is 1.32. The van der Waals surface area contributed by atoms with E-state index in [9.17, 15) is 17.6 Å². The van der Waals surface area contributed by atoms with Crippen molar-refractivity contribution in [3.05, 3.63) is 52.4 Å². The molecule has 0 unspecified atom stereocenters. The SMILES string of the molecule is Fc1cc(Br)cnc1Oc1cccc(C(F)(F)F)c1. The zero-order valence-electron chi connectivity index (χ0n) is 9.21. The Morgan fingerprint density at radius 2 is 1.89 bits per heavy atom. The van der Waals surface area contributed by atoms with E-state index in [0.29, 0.717) is 4.47 Å². The van der Waals surface area contributed by atoms with Crippen molar-refractivity contribution in [3.8, 4) is 11.6 Å². The first-order valence-corrected chi connectivity index (χ1v) is 5.82. The van der Waals surface area contributed by atoms with E-state index in [0.717, 1.165) is 18.2 Å². The van der Waals surface area contributed by atoms with Gasteiger partial charge < -0.3 is 4.74 Å². The molecule has 1 aromatic carbocycles. The van der Waals surface area contributed by atoms with E-state index in [1.165, 1.54) is 18.3 Å². The lowest BCUT2D eigenvalue weighted by Crippen LogP contribution is -2.04. The first-order chi connectivity index (χ1) is 8.86. The van der Waals surface area contributed by atoms with Crippen molar-refractivity contribution < 1.29 is 22.3 Å². The first-order valence-electron chi connectivity index (χ1n) is 5.02. The van der Waals surface area contributed by atoms with Gasteiger partial charge in [-0.3, -0.25) is 0 Å². The standard InChI is InChI=1S/C12H6BrF4NO/c13-8-5-10(14)11(18-6-8)19-9-3-1-2-7(4-9)12(15,16)17/h1-6H. The molecule has 7 heteroatoms. The summed E-state index contributed by atoms with van der Waals surface area (Å²) >= 11 is 3.01. The summed E-state index contributed by atoms with van der Waals surface area (Å²) in [5, 5.41) is 0. The van der Waals surface area contributed by atoms with Crippen LogP contribution in [-0.2, 0) is 6.18 Å². The van der Waals surface area contributed by atoms with Crippen LogP contribution in [0, 0.1) is 5.82 Å². The van der Waals surface area contributed by atoms with Gasteiger partial charge in [-0.05, 0) is 40.2 Å². The summed E-state index contributed by atoms with van der Waals surface area (Å²) in [6.45, 7) is 0. The lowest BCUT2D eigenvalue weighted by Gasteiger charge is -2.09. The van der Waals surface area contributed by atoms with Crippen molar-refractivity contribution in [2.24, 2.45) is 0 Å². The zero-order valence-corrected chi connectivity index (χ0v) is 10.8. The van der Waals surface area contributed by atoms with Gasteiger partial charge in [0.05, 0.1) is 5.56 Å². The molecule has 2 aromatic rings. The largest absolute Gasteiger partial charge is 0.436 e. The van der Waals surface area contributed by atoms with Crippen LogP contribution in [0.5, 0.6) is 11.6 Å². The van der Waals surface area contributed by atoms with Gasteiger partial charge in [-0.25, -0.2) is 9.37 Å². The van der Waals surface area contributed by atoms with E-state index in [1.54, 1.807) is 0 Å². The summed E-state index contributed by atoms with van der Waals surface area (Å²) in [6, 6.07) is 5.25. The minimum absolute atomic E-state index is 0.136. The fourth-order valence-corrected chi connectivity index (χ4v) is 1.63. The minimum atomic E-state index is -4.48. The Hall–Kier alpha value is -1.63. The van der Waals surface area contributed by atoms with Crippen molar-refractivity contribution in [3.63, 3.8) is 0 Å². The molecule has 0 N–H and O–H groups in total. The topological polar surface area (TPSA) is 22.1 Å². The van der Waals surface area contributed by atoms with Crippen molar-refractivity contribution in [2.45, 2.75) is 6.18 Å². The quantitative estimate of drug-likeness (QED) is 0.736. The Morgan fingerprint density at radius 3 is 2.53 bits per heavy atom. The number of halogens is 5. The van der Waals surface area contributed by atoms with Crippen LogP contribution in [0.4, 0.5) is 17.6 Å². The number of hydrogen-bond donors (Lipinski definition) is 0. The lowest BCUT2D eigenvalue weighted by molar-refractivity contribution is -0.137. The molecule has 2 nitrogen and oxygen atoms in total. The summed E-state index contributed by atoms with van der Waals surface area (Å²) in [5.74, 6) is -1.29. The molecule has 0 atom stereocenters. The van der Waals surface area contributed by atoms with Crippen LogP contribution in [0.25, 0.3) is 0 Å². The zero-order chi connectivity index (χ0) is 14.0. The molecule has 0 amide bonds. The Kier molecular flexibility index (Phi) is 3.75. The predicted octanol–water partition coefficient (Wildman–Crippen LogP) is 4.79. The van der Waals surface area contributed by atoms with Gasteiger partial charge in [0.2, 0.25) is 0 Å². The number of pyridine rings is 1. The second kappa shape index (κ2) is 5.16. The summed E-state index contributed by atoms with van der Waals surface area (Å²) < 4.78 is 56.3. The van der Waals surface area contributed by atoms with Gasteiger partial charge >= 0.3 is 6.18 Å². The molecule has 0 saturated heterocycles. The number of aromatic nitrogens is 1. The van der Waals surface area contributed by atoms with E-state index in [1.807, 2.05) is 0 Å². The highest BCUT2D eigenvalue weighted by atomic mass is 79.9. The van der Waals surface area contributed by atoms with Crippen LogP contribution in [0.2, 0.25) is 0 Å². The molecule has 100 valence electrons. The van der Waals surface area contributed by atoms with E-state index in [-0.39, 0.29) is 11.6 Å². The molecule has 0 fully saturated rings. The summed E-state index contributed by atoms with van der Waals surface area (Å²) in [6.07, 6.45) is -3.20. The van der Waals surface area contributed by atoms with Gasteiger partial charge in [0.15, 0.2) is 5.82 Å². The molecular formula is C12H6BrF4NO. The lowest BCUT2D eigenvalue weighted by atomic mass is 10.2. The van der Waals surface area contributed by atoms with Crippen LogP contribution in [0.15, 0.2) is 41.0 Å². The molecule has 0 bridgehead atoms. The van der Waals surface area contributed by atoms with E-state index >= 15 is 0 Å². The first kappa shape index (κ1) is 13.8. The van der Waals surface area contributed by atoms with Crippen LogP contribution < -0.4 is 4.74 Å². The molecule has 0 aliphatic carbocycles. The van der Waals surface area contributed by atoms with Gasteiger partial charge in [0.1, 0.15) is 5.75 Å². The Balaban J connectivity index is 2.29. The summed E-state index contributed by atoms with van der Waals surface area (Å²) in [4.78, 5) is 3.64. The van der Waals surface area contributed by atoms with Gasteiger partial charge in [0.25, 0.3) is 5.88 Å². The second-order valence-electron chi connectivity index (χ2n) is 3.57. The molecule has 0 spiro atoms. The van der Waals surface area contributed by atoms with Crippen molar-refractivity contribution in [1.82, 2.24) is 4.98 Å². The van der Waals surface area contributed by atoms with E-state index in [2.05, 4.69) is 20.9 Å². The third-order valence-corrected chi connectivity index (χ3v) is 2.58. The maximum Gasteiger partial charge on any atom is 0.416 e. The van der Waals surface area contributed by atoms with Gasteiger partial charge in [-0.1, -0.05) is 6.07 Å². The Morgan fingerprint density at radius 1 is 1.16 bits per heavy atom. The molecule has 1 heterocycles. The van der Waals surface area contributed by atoms with Crippen LogP contribution >= 0.6 is 15.9 Å². The molecule has 0 aliphatic rings. The molecule has 1 aromatic heterocycles. The Labute approximate surface area is 114 Å². The molecule has 0 saturated carbocycles. The second-order valence-corrected chi connectivity index (χ2v) is 4.48. The maximum atomic E-state index is 13.4. The number of benzene rings is 1. The van der Waals surface area contributed by atoms with Crippen molar-refractivity contribution >= 4 is 15.9 Å². The molecule has 2 rings (SSSR count). The van der Waals surface area contributed by atoms with Crippen LogP contribution in [0.1, 0.15) is 5.56 Å². The summed E-state index contributed by atoms with van der Waals surface area (Å²) in [5.41, 5.74) is -0.873. The molecule has 19 heavy (non-hydrogen) atoms. The minimum Gasteiger partial charge on any atom is -0.436 e. The summed E-state index contributed by atoms with van der Waals surface area (Å²) in [7, 11) is 0. The number of nitrogens with zero attached hydrogens (tertiary/aromatic N) is 1. The van der Waals surface area contributed by atoms with Crippen LogP contribution in [0.3, 0.4) is 0 Å². The number of ether oxygens (including phenoxy) is 1. The number of hydrogen-bond acceptors (Lipinski definition) is 2. The monoisotopic (exact) mass is 335 g/mol. The molecular weight excluding hydrogens is 330 g/mol. The predicted molar refractivity (Wildman–Crippen MR) is 63.4 cm³/mol. The van der Waals surface area contributed by atoms with Crippen molar-refractivity contribution in [2.75, 3.05) is 0 Å². The van der Waals surface area contributed by atoms with Gasteiger partial charge in [0, 0.05) is 10.7 Å². The fraction of sp³-hybridized carbons (Fsp3) is 0.0833. The molecule has 0 radical (unpaired) electrons. The Bertz CT molecular complexity index is 601. The molecule has 0 aliphatic heterocycles. The maximum absolute atomic E-state index is 13.4. The highest BCUT2D eigenvalue weighted by molar-refractivity contribution is 9.10. The van der Waals surface area contributed by atoms with Crippen LogP contribution in [-0.4, -0.2) is 4.98 Å². The highest BCUT2D eigenvalue weighted by Gasteiger charge is 2.30. The highest BCUT2D eigenvalue weighted by Crippen LogP contribution is 2.32. The normalized spacial score (nSPS) is 11.4. The number of rotatable bonds is 2. The average molecular weight is 336 g/mol. The van der Waals surface area contributed by atoms with Gasteiger partial charge in [-0.15, -0.1) is 0 Å². The van der Waals surface area contributed by atoms with Gasteiger partial charge in [-0.2, -0.15) is 13.2 Å². The third-order valence-electron chi connectivity index (χ3n) is 2.15. The average Bonchev–Trinajstić information content (AvgIpc) is 2.32. The van der Waals surface area contributed by atoms with E-state index in [4.69, 9.17) is 4.74 Å². The van der Waals surface area contributed by atoms with E-state index < -0.39 is 17.6 Å². The van der Waals surface area contributed by atoms with Crippen molar-refractivity contribution in [1.29, 1.82) is 0 Å². The third kappa shape index (κ3) is 3.44. The number of alkyl halides is 3.